The Bertz CT molecular complexity index is 1110. The molecular formula is C17H13F3N4S2. The van der Waals surface area contributed by atoms with E-state index in [1.165, 1.54) is 11.3 Å². The van der Waals surface area contributed by atoms with Crippen LogP contribution in [0.25, 0.3) is 32.1 Å². The molecule has 0 radical (unpaired) electrons. The minimum absolute atomic E-state index is 0.232. The average Bonchev–Trinajstić information content (AvgIpc) is 3.13. The number of hydrogen-bond donors (Lipinski definition) is 0. The Kier molecular flexibility index (Phi) is 4.15. The predicted molar refractivity (Wildman–Crippen MR) is 98.5 cm³/mol. The van der Waals surface area contributed by atoms with Gasteiger partial charge in [0.2, 0.25) is 0 Å². The van der Waals surface area contributed by atoms with Crippen LogP contribution in [0.15, 0.2) is 35.5 Å². The first-order chi connectivity index (χ1) is 12.4. The summed E-state index contributed by atoms with van der Waals surface area (Å²) in [5.41, 5.74) is 0.757. The van der Waals surface area contributed by atoms with E-state index >= 15 is 0 Å². The molecule has 0 spiro atoms. The summed E-state index contributed by atoms with van der Waals surface area (Å²) in [7, 11) is 1.77. The number of pyridine rings is 2. The minimum Gasteiger partial charge on any atom is -0.311 e. The van der Waals surface area contributed by atoms with Crippen molar-refractivity contribution in [2.24, 2.45) is 7.05 Å². The van der Waals surface area contributed by atoms with Gasteiger partial charge in [-0.25, -0.2) is 9.97 Å². The van der Waals surface area contributed by atoms with Crippen LogP contribution in [0.4, 0.5) is 13.2 Å². The van der Waals surface area contributed by atoms with Gasteiger partial charge in [0, 0.05) is 19.4 Å². The second-order valence-electron chi connectivity index (χ2n) is 5.60. The second-order valence-corrected chi connectivity index (χ2v) is 7.93. The van der Waals surface area contributed by atoms with Crippen LogP contribution in [0.2, 0.25) is 0 Å². The Balaban J connectivity index is 1.96. The molecule has 0 aliphatic carbocycles. The van der Waals surface area contributed by atoms with E-state index < -0.39 is 11.7 Å². The molecule has 0 saturated carbocycles. The first-order valence-corrected chi connectivity index (χ1v) is 9.60. The van der Waals surface area contributed by atoms with E-state index in [1.54, 1.807) is 29.6 Å². The van der Waals surface area contributed by atoms with E-state index in [0.29, 0.717) is 11.5 Å². The van der Waals surface area contributed by atoms with Gasteiger partial charge in [0.05, 0.1) is 25.6 Å². The molecule has 4 aromatic rings. The molecule has 0 aromatic carbocycles. The van der Waals surface area contributed by atoms with Crippen molar-refractivity contribution in [2.45, 2.75) is 18.0 Å². The van der Waals surface area contributed by atoms with E-state index in [0.717, 1.165) is 38.0 Å². The van der Waals surface area contributed by atoms with E-state index in [-0.39, 0.29) is 5.52 Å². The largest absolute Gasteiger partial charge is 0.417 e. The Hall–Kier alpha value is -2.13. The highest BCUT2D eigenvalue weighted by Gasteiger charge is 2.32. The van der Waals surface area contributed by atoms with Crippen LogP contribution in [0, 0.1) is 0 Å². The molecule has 0 bridgehead atoms. The molecule has 4 rings (SSSR count). The van der Waals surface area contributed by atoms with E-state index in [2.05, 4.69) is 15.0 Å². The quantitative estimate of drug-likeness (QED) is 0.438. The highest BCUT2D eigenvalue weighted by molar-refractivity contribution is 7.99. The Morgan fingerprint density at radius 1 is 1.27 bits per heavy atom. The zero-order chi connectivity index (χ0) is 18.5. The number of alkyl halides is 3. The molecular weight excluding hydrogens is 381 g/mol. The predicted octanol–water partition coefficient (Wildman–Crippen LogP) is 5.38. The third-order valence-electron chi connectivity index (χ3n) is 3.93. The van der Waals surface area contributed by atoms with Crippen LogP contribution in [0.1, 0.15) is 12.5 Å². The fourth-order valence-corrected chi connectivity index (χ4v) is 5.02. The lowest BCUT2D eigenvalue weighted by atomic mass is 10.2. The molecule has 9 heteroatoms. The van der Waals surface area contributed by atoms with Crippen molar-refractivity contribution in [1.82, 2.24) is 19.5 Å². The topological polar surface area (TPSA) is 43.6 Å². The lowest BCUT2D eigenvalue weighted by Gasteiger charge is -2.05. The van der Waals surface area contributed by atoms with Crippen molar-refractivity contribution in [2.75, 3.05) is 5.75 Å². The number of nitrogens with zero attached hydrogens (tertiary/aromatic N) is 4. The number of hydrogen-bond acceptors (Lipinski definition) is 5. The van der Waals surface area contributed by atoms with Crippen LogP contribution >= 0.6 is 23.1 Å². The molecule has 4 heterocycles. The van der Waals surface area contributed by atoms with Crippen molar-refractivity contribution >= 4 is 44.5 Å². The summed E-state index contributed by atoms with van der Waals surface area (Å²) in [6, 6.07) is 4.90. The summed E-state index contributed by atoms with van der Waals surface area (Å²) in [6.07, 6.45) is -1.85. The average molecular weight is 394 g/mol. The zero-order valence-corrected chi connectivity index (χ0v) is 15.5. The van der Waals surface area contributed by atoms with Gasteiger partial charge in [-0.2, -0.15) is 13.2 Å². The molecule has 0 unspecified atom stereocenters. The fraction of sp³-hybridized carbons (Fsp3) is 0.235. The Morgan fingerprint density at radius 2 is 2.08 bits per heavy atom. The van der Waals surface area contributed by atoms with Gasteiger partial charge in [0.1, 0.15) is 5.52 Å². The second kappa shape index (κ2) is 6.24. The van der Waals surface area contributed by atoms with E-state index in [4.69, 9.17) is 0 Å². The highest BCUT2D eigenvalue weighted by atomic mass is 32.2. The van der Waals surface area contributed by atoms with Crippen LogP contribution in [-0.2, 0) is 13.2 Å². The number of aromatic nitrogens is 4. The summed E-state index contributed by atoms with van der Waals surface area (Å²) < 4.78 is 41.7. The maximum Gasteiger partial charge on any atom is 0.417 e. The smallest absolute Gasteiger partial charge is 0.311 e. The van der Waals surface area contributed by atoms with E-state index in [9.17, 15) is 13.2 Å². The van der Waals surface area contributed by atoms with Gasteiger partial charge >= 0.3 is 6.18 Å². The summed E-state index contributed by atoms with van der Waals surface area (Å²) in [6.45, 7) is 2.05. The minimum atomic E-state index is -4.44. The molecule has 0 atom stereocenters. The SMILES string of the molecule is CCSc1c(-c2nc3cc(C(F)(F)F)cnc3n2C)sc2cccnc12. The summed E-state index contributed by atoms with van der Waals surface area (Å²) in [5, 5.41) is 0. The van der Waals surface area contributed by atoms with Gasteiger partial charge in [-0.15, -0.1) is 23.1 Å². The van der Waals surface area contributed by atoms with Crippen LogP contribution in [0.3, 0.4) is 0 Å². The van der Waals surface area contributed by atoms with E-state index in [1.807, 2.05) is 19.1 Å². The molecule has 0 amide bonds. The molecule has 0 aliphatic heterocycles. The Morgan fingerprint density at radius 3 is 2.81 bits per heavy atom. The van der Waals surface area contributed by atoms with Crippen molar-refractivity contribution in [3.8, 4) is 10.7 Å². The highest BCUT2D eigenvalue weighted by Crippen LogP contribution is 2.43. The standard InChI is InChI=1S/C17H13F3N4S2/c1-3-25-13-12-11(5-4-6-21-12)26-14(13)16-23-10-7-9(17(18,19)20)8-22-15(10)24(16)2/h4-8H,3H2,1-2H3. The molecule has 0 fully saturated rings. The lowest BCUT2D eigenvalue weighted by molar-refractivity contribution is -0.137. The molecule has 0 N–H and O–H groups in total. The molecule has 0 aliphatic rings. The fourth-order valence-electron chi connectivity index (χ4n) is 2.77. The molecule has 134 valence electrons. The monoisotopic (exact) mass is 394 g/mol. The lowest BCUT2D eigenvalue weighted by Crippen LogP contribution is -2.05. The number of halogens is 3. The van der Waals surface area contributed by atoms with Crippen molar-refractivity contribution in [3.05, 3.63) is 36.2 Å². The third kappa shape index (κ3) is 2.75. The number of aryl methyl sites for hydroxylation is 1. The first-order valence-electron chi connectivity index (χ1n) is 7.80. The third-order valence-corrected chi connectivity index (χ3v) is 6.18. The van der Waals surface area contributed by atoms with Gasteiger partial charge in [0.15, 0.2) is 11.5 Å². The maximum atomic E-state index is 13.0. The van der Waals surface area contributed by atoms with Gasteiger partial charge in [-0.05, 0) is 24.0 Å². The van der Waals surface area contributed by atoms with Crippen LogP contribution in [0.5, 0.6) is 0 Å². The maximum absolute atomic E-state index is 13.0. The van der Waals surface area contributed by atoms with Gasteiger partial charge in [-0.3, -0.25) is 4.98 Å². The number of fused-ring (bicyclic) bond motifs is 2. The van der Waals surface area contributed by atoms with Crippen molar-refractivity contribution < 1.29 is 13.2 Å². The van der Waals surface area contributed by atoms with Crippen molar-refractivity contribution in [3.63, 3.8) is 0 Å². The van der Waals surface area contributed by atoms with Crippen molar-refractivity contribution in [1.29, 1.82) is 0 Å². The van der Waals surface area contributed by atoms with Gasteiger partial charge in [0.25, 0.3) is 0 Å². The number of thioether (sulfide) groups is 1. The zero-order valence-electron chi connectivity index (χ0n) is 13.8. The normalized spacial score (nSPS) is 12.3. The number of rotatable bonds is 3. The summed E-state index contributed by atoms with van der Waals surface area (Å²) >= 11 is 3.19. The van der Waals surface area contributed by atoms with Gasteiger partial charge in [-0.1, -0.05) is 6.92 Å². The number of thiophene rings is 1. The first kappa shape index (κ1) is 17.3. The summed E-state index contributed by atoms with van der Waals surface area (Å²) in [4.78, 5) is 14.8. The summed E-state index contributed by atoms with van der Waals surface area (Å²) in [5.74, 6) is 1.46. The Labute approximate surface area is 155 Å². The van der Waals surface area contributed by atoms with Crippen LogP contribution in [-0.4, -0.2) is 25.3 Å². The molecule has 0 saturated heterocycles. The number of imidazole rings is 1. The molecule has 4 nitrogen and oxygen atoms in total. The molecule has 26 heavy (non-hydrogen) atoms. The molecule has 4 aromatic heterocycles. The van der Waals surface area contributed by atoms with Crippen LogP contribution < -0.4 is 0 Å². The van der Waals surface area contributed by atoms with Gasteiger partial charge < -0.3 is 4.57 Å².